The Hall–Kier alpha value is -1.42. The van der Waals surface area contributed by atoms with Crippen molar-refractivity contribution in [1.82, 2.24) is 10.6 Å². The van der Waals surface area contributed by atoms with Crippen molar-refractivity contribution in [3.05, 3.63) is 35.1 Å². The number of rotatable bonds is 1. The normalized spacial score (nSPS) is 21.2. The molecule has 1 aromatic carbocycles. The average Bonchev–Trinajstić information content (AvgIpc) is 2.23. The van der Waals surface area contributed by atoms with Crippen molar-refractivity contribution in [2.45, 2.75) is 13.0 Å². The highest BCUT2D eigenvalue weighted by molar-refractivity contribution is 5.83. The first kappa shape index (κ1) is 10.1. The van der Waals surface area contributed by atoms with E-state index in [4.69, 9.17) is 0 Å². The van der Waals surface area contributed by atoms with Crippen molar-refractivity contribution in [1.29, 1.82) is 0 Å². The van der Waals surface area contributed by atoms with Crippen molar-refractivity contribution in [3.8, 4) is 0 Å². The highest BCUT2D eigenvalue weighted by atomic mass is 19.1. The Bertz CT molecular complexity index is 392. The summed E-state index contributed by atoms with van der Waals surface area (Å²) in [5.41, 5.74) is 1.27. The predicted molar refractivity (Wildman–Crippen MR) is 54.9 cm³/mol. The Morgan fingerprint density at radius 1 is 1.40 bits per heavy atom. The summed E-state index contributed by atoms with van der Waals surface area (Å²) in [4.78, 5) is 11.5. The Morgan fingerprint density at radius 2 is 2.20 bits per heavy atom. The first-order valence-corrected chi connectivity index (χ1v) is 4.95. The van der Waals surface area contributed by atoms with E-state index in [1.807, 2.05) is 0 Å². The van der Waals surface area contributed by atoms with E-state index in [2.05, 4.69) is 10.6 Å². The summed E-state index contributed by atoms with van der Waals surface area (Å²) in [5.74, 6) is -0.364. The first-order valence-electron chi connectivity index (χ1n) is 4.95. The molecule has 2 rings (SSSR count). The molecule has 4 heteroatoms. The van der Waals surface area contributed by atoms with Crippen LogP contribution in [0.5, 0.6) is 0 Å². The fourth-order valence-corrected chi connectivity index (χ4v) is 1.65. The molecule has 2 N–H and O–H groups in total. The molecule has 1 saturated heterocycles. The summed E-state index contributed by atoms with van der Waals surface area (Å²) in [7, 11) is 0. The molecule has 1 aromatic rings. The van der Waals surface area contributed by atoms with Gasteiger partial charge in [-0.05, 0) is 24.1 Å². The van der Waals surface area contributed by atoms with Crippen molar-refractivity contribution >= 4 is 5.91 Å². The minimum atomic E-state index is -0.422. The average molecular weight is 208 g/mol. The Labute approximate surface area is 87.7 Å². The van der Waals surface area contributed by atoms with Crippen molar-refractivity contribution in [2.24, 2.45) is 0 Å². The van der Waals surface area contributed by atoms with Crippen molar-refractivity contribution < 1.29 is 9.18 Å². The minimum Gasteiger partial charge on any atom is -0.353 e. The number of nitrogens with one attached hydrogen (secondary N) is 2. The molecule has 1 heterocycles. The first-order chi connectivity index (χ1) is 7.18. The van der Waals surface area contributed by atoms with E-state index in [-0.39, 0.29) is 11.7 Å². The van der Waals surface area contributed by atoms with Crippen LogP contribution in [-0.4, -0.2) is 19.0 Å². The van der Waals surface area contributed by atoms with Crippen LogP contribution in [-0.2, 0) is 4.79 Å². The van der Waals surface area contributed by atoms with E-state index in [1.54, 1.807) is 19.1 Å². The summed E-state index contributed by atoms with van der Waals surface area (Å²) >= 11 is 0. The summed E-state index contributed by atoms with van der Waals surface area (Å²) in [6.07, 6.45) is 0. The zero-order valence-electron chi connectivity index (χ0n) is 8.51. The van der Waals surface area contributed by atoms with Gasteiger partial charge in [-0.1, -0.05) is 12.1 Å². The number of piperazine rings is 1. The highest BCUT2D eigenvalue weighted by Crippen LogP contribution is 2.17. The Kier molecular flexibility index (Phi) is 2.68. The fraction of sp³-hybridized carbons (Fsp3) is 0.364. The largest absolute Gasteiger partial charge is 0.353 e. The SMILES string of the molecule is Cc1ccc(C2NCCNC2=O)cc1F. The van der Waals surface area contributed by atoms with Gasteiger partial charge in [-0.3, -0.25) is 4.79 Å². The molecule has 0 bridgehead atoms. The zero-order valence-corrected chi connectivity index (χ0v) is 8.51. The van der Waals surface area contributed by atoms with Crippen LogP contribution < -0.4 is 10.6 Å². The van der Waals surface area contributed by atoms with Gasteiger partial charge >= 0.3 is 0 Å². The van der Waals surface area contributed by atoms with Crippen LogP contribution in [0.2, 0.25) is 0 Å². The molecule has 1 atom stereocenters. The van der Waals surface area contributed by atoms with E-state index >= 15 is 0 Å². The molecular weight excluding hydrogens is 195 g/mol. The van der Waals surface area contributed by atoms with Crippen LogP contribution in [0.25, 0.3) is 0 Å². The van der Waals surface area contributed by atoms with E-state index in [0.717, 1.165) is 0 Å². The molecule has 1 aliphatic heterocycles. The van der Waals surface area contributed by atoms with Crippen molar-refractivity contribution in [3.63, 3.8) is 0 Å². The zero-order chi connectivity index (χ0) is 10.8. The molecule has 1 fully saturated rings. The van der Waals surface area contributed by atoms with E-state index in [0.29, 0.717) is 24.2 Å². The molecule has 0 spiro atoms. The maximum Gasteiger partial charge on any atom is 0.241 e. The molecule has 3 nitrogen and oxygen atoms in total. The maximum absolute atomic E-state index is 13.3. The Balaban J connectivity index is 2.28. The van der Waals surface area contributed by atoms with Crippen LogP contribution >= 0.6 is 0 Å². The van der Waals surface area contributed by atoms with Gasteiger partial charge in [0.1, 0.15) is 11.9 Å². The molecule has 0 aromatic heterocycles. The second-order valence-electron chi connectivity index (χ2n) is 3.69. The van der Waals surface area contributed by atoms with Gasteiger partial charge < -0.3 is 10.6 Å². The number of carbonyl (C=O) groups excluding carboxylic acids is 1. The summed E-state index contributed by atoms with van der Waals surface area (Å²) in [6, 6.07) is 4.46. The van der Waals surface area contributed by atoms with Gasteiger partial charge in [0.25, 0.3) is 0 Å². The van der Waals surface area contributed by atoms with E-state index in [1.165, 1.54) is 6.07 Å². The molecule has 0 saturated carbocycles. The number of hydrogen-bond acceptors (Lipinski definition) is 2. The predicted octanol–water partition coefficient (Wildman–Crippen LogP) is 0.895. The standard InChI is InChI=1S/C11H13FN2O/c1-7-2-3-8(6-9(7)12)10-11(15)14-5-4-13-10/h2-3,6,10,13H,4-5H2,1H3,(H,14,15). The molecule has 80 valence electrons. The van der Waals surface area contributed by atoms with E-state index in [9.17, 15) is 9.18 Å². The second-order valence-corrected chi connectivity index (χ2v) is 3.69. The lowest BCUT2D eigenvalue weighted by atomic mass is 10.0. The lowest BCUT2D eigenvalue weighted by Crippen LogP contribution is -2.47. The fourth-order valence-electron chi connectivity index (χ4n) is 1.65. The molecule has 1 unspecified atom stereocenters. The third-order valence-corrected chi connectivity index (χ3v) is 2.56. The number of aryl methyl sites for hydroxylation is 1. The Morgan fingerprint density at radius 3 is 2.87 bits per heavy atom. The van der Waals surface area contributed by atoms with Gasteiger partial charge in [-0.15, -0.1) is 0 Å². The van der Waals surface area contributed by atoms with Gasteiger partial charge in [0.2, 0.25) is 5.91 Å². The number of carbonyl (C=O) groups is 1. The molecule has 15 heavy (non-hydrogen) atoms. The highest BCUT2D eigenvalue weighted by Gasteiger charge is 2.23. The summed E-state index contributed by atoms with van der Waals surface area (Å²) in [5, 5.41) is 5.79. The molecular formula is C11H13FN2O. The monoisotopic (exact) mass is 208 g/mol. The van der Waals surface area contributed by atoms with Crippen LogP contribution in [0.1, 0.15) is 17.2 Å². The molecule has 1 amide bonds. The van der Waals surface area contributed by atoms with Crippen LogP contribution in [0.3, 0.4) is 0 Å². The minimum absolute atomic E-state index is 0.0931. The number of hydrogen-bond donors (Lipinski definition) is 2. The van der Waals surface area contributed by atoms with Crippen LogP contribution in [0.4, 0.5) is 4.39 Å². The van der Waals surface area contributed by atoms with Gasteiger partial charge in [0.05, 0.1) is 0 Å². The maximum atomic E-state index is 13.3. The third kappa shape index (κ3) is 1.99. The second kappa shape index (κ2) is 3.98. The number of halogens is 1. The number of amides is 1. The van der Waals surface area contributed by atoms with E-state index < -0.39 is 6.04 Å². The topological polar surface area (TPSA) is 41.1 Å². The van der Waals surface area contributed by atoms with Crippen molar-refractivity contribution in [2.75, 3.05) is 13.1 Å². The van der Waals surface area contributed by atoms with Gasteiger partial charge in [0.15, 0.2) is 0 Å². The lowest BCUT2D eigenvalue weighted by Gasteiger charge is -2.23. The van der Waals surface area contributed by atoms with Gasteiger partial charge in [-0.2, -0.15) is 0 Å². The number of benzene rings is 1. The van der Waals surface area contributed by atoms with Gasteiger partial charge in [0, 0.05) is 13.1 Å². The smallest absolute Gasteiger partial charge is 0.241 e. The van der Waals surface area contributed by atoms with Gasteiger partial charge in [-0.25, -0.2) is 4.39 Å². The quantitative estimate of drug-likeness (QED) is 0.719. The van der Waals surface area contributed by atoms with Crippen LogP contribution in [0, 0.1) is 12.7 Å². The van der Waals surface area contributed by atoms with Crippen LogP contribution in [0.15, 0.2) is 18.2 Å². The summed E-state index contributed by atoms with van der Waals surface area (Å²) < 4.78 is 13.3. The third-order valence-electron chi connectivity index (χ3n) is 2.56. The molecule has 0 aliphatic carbocycles. The molecule has 1 aliphatic rings. The summed E-state index contributed by atoms with van der Waals surface area (Å²) in [6.45, 7) is 3.04. The lowest BCUT2D eigenvalue weighted by molar-refractivity contribution is -0.124. The molecule has 0 radical (unpaired) electrons.